The Labute approximate surface area is 103 Å². The van der Waals surface area contributed by atoms with Gasteiger partial charge in [0.15, 0.2) is 5.78 Å². The zero-order valence-electron chi connectivity index (χ0n) is 11.1. The highest BCUT2D eigenvalue weighted by atomic mass is 16.5. The van der Waals surface area contributed by atoms with Crippen LogP contribution in [0.5, 0.6) is 5.75 Å². The van der Waals surface area contributed by atoms with Crippen molar-refractivity contribution in [2.45, 2.75) is 27.2 Å². The molecule has 1 aromatic carbocycles. The maximum Gasteiger partial charge on any atom is 0.180 e. The first-order valence-electron chi connectivity index (χ1n) is 5.99. The first kappa shape index (κ1) is 13.7. The van der Waals surface area contributed by atoms with Crippen LogP contribution in [0.3, 0.4) is 0 Å². The summed E-state index contributed by atoms with van der Waals surface area (Å²) in [4.78, 5) is 12.0. The van der Waals surface area contributed by atoms with E-state index in [9.17, 15) is 4.79 Å². The van der Waals surface area contributed by atoms with Gasteiger partial charge in [-0.3, -0.25) is 4.79 Å². The van der Waals surface area contributed by atoms with Crippen molar-refractivity contribution in [2.24, 2.45) is 0 Å². The van der Waals surface area contributed by atoms with E-state index in [-0.39, 0.29) is 5.78 Å². The van der Waals surface area contributed by atoms with Gasteiger partial charge >= 0.3 is 0 Å². The molecule has 0 bridgehead atoms. The van der Waals surface area contributed by atoms with Crippen LogP contribution in [0.2, 0.25) is 0 Å². The number of carbonyl (C=O) groups excluding carboxylic acids is 1. The van der Waals surface area contributed by atoms with Gasteiger partial charge in [-0.15, -0.1) is 0 Å². The van der Waals surface area contributed by atoms with Crippen molar-refractivity contribution in [1.29, 1.82) is 0 Å². The molecule has 0 atom stereocenters. The Bertz CT molecular complexity index is 399. The van der Waals surface area contributed by atoms with Gasteiger partial charge in [0.05, 0.1) is 19.2 Å². The predicted molar refractivity (Wildman–Crippen MR) is 70.0 cm³/mol. The number of carbonyl (C=O) groups is 1. The molecule has 17 heavy (non-hydrogen) atoms. The lowest BCUT2D eigenvalue weighted by Crippen LogP contribution is -2.24. The van der Waals surface area contributed by atoms with Crippen LogP contribution < -0.4 is 10.1 Å². The van der Waals surface area contributed by atoms with Crippen LogP contribution in [0.25, 0.3) is 0 Å². The Kier molecular flexibility index (Phi) is 5.16. The third kappa shape index (κ3) is 3.56. The molecule has 0 aliphatic heterocycles. The van der Waals surface area contributed by atoms with Gasteiger partial charge < -0.3 is 10.1 Å². The number of ketones is 1. The molecule has 1 N–H and O–H groups in total. The molecule has 3 nitrogen and oxygen atoms in total. The van der Waals surface area contributed by atoms with E-state index in [0.29, 0.717) is 17.9 Å². The van der Waals surface area contributed by atoms with Crippen LogP contribution in [0.15, 0.2) is 12.1 Å². The van der Waals surface area contributed by atoms with Crippen molar-refractivity contribution in [3.63, 3.8) is 0 Å². The van der Waals surface area contributed by atoms with E-state index in [1.54, 1.807) is 7.11 Å². The fraction of sp³-hybridized carbons (Fsp3) is 0.500. The van der Waals surface area contributed by atoms with E-state index < -0.39 is 0 Å². The third-order valence-corrected chi connectivity index (χ3v) is 2.83. The highest BCUT2D eigenvalue weighted by molar-refractivity contribution is 6.00. The molecule has 0 aliphatic rings. The molecule has 0 heterocycles. The standard InChI is InChI=1S/C14H21NO2/c1-5-6-15-9-13(16)12-7-10(2)11(3)8-14(12)17-4/h7-8,15H,5-6,9H2,1-4H3. The lowest BCUT2D eigenvalue weighted by Gasteiger charge is -2.11. The normalized spacial score (nSPS) is 10.4. The van der Waals surface area contributed by atoms with Gasteiger partial charge in [0.1, 0.15) is 5.75 Å². The molecular weight excluding hydrogens is 214 g/mol. The van der Waals surface area contributed by atoms with Crippen molar-refractivity contribution in [1.82, 2.24) is 5.32 Å². The number of rotatable bonds is 6. The molecule has 0 spiro atoms. The molecule has 3 heteroatoms. The molecule has 0 aromatic heterocycles. The molecule has 0 unspecified atom stereocenters. The third-order valence-electron chi connectivity index (χ3n) is 2.83. The molecule has 0 saturated carbocycles. The van der Waals surface area contributed by atoms with Gasteiger partial charge in [0.25, 0.3) is 0 Å². The number of aryl methyl sites for hydroxylation is 2. The van der Waals surface area contributed by atoms with Crippen LogP contribution in [-0.2, 0) is 0 Å². The highest BCUT2D eigenvalue weighted by Gasteiger charge is 2.13. The molecule has 0 aliphatic carbocycles. The summed E-state index contributed by atoms with van der Waals surface area (Å²) in [5.74, 6) is 0.745. The molecule has 0 fully saturated rings. The summed E-state index contributed by atoms with van der Waals surface area (Å²) in [5.41, 5.74) is 2.92. The van der Waals surface area contributed by atoms with Crippen LogP contribution in [0, 0.1) is 13.8 Å². The molecule has 94 valence electrons. The maximum atomic E-state index is 12.0. The zero-order chi connectivity index (χ0) is 12.8. The second-order valence-corrected chi connectivity index (χ2v) is 4.24. The topological polar surface area (TPSA) is 38.3 Å². The average Bonchev–Trinajstić information content (AvgIpc) is 2.32. The summed E-state index contributed by atoms with van der Waals surface area (Å²) < 4.78 is 5.26. The SMILES string of the molecule is CCCNCC(=O)c1cc(C)c(C)cc1OC. The minimum atomic E-state index is 0.0819. The Morgan fingerprint density at radius 1 is 1.29 bits per heavy atom. The van der Waals surface area contributed by atoms with Crippen LogP contribution in [-0.4, -0.2) is 26.0 Å². The summed E-state index contributed by atoms with van der Waals surface area (Å²) >= 11 is 0. The average molecular weight is 235 g/mol. The predicted octanol–water partition coefficient (Wildman–Crippen LogP) is 2.49. The van der Waals surface area contributed by atoms with Gasteiger partial charge in [0, 0.05) is 0 Å². The summed E-state index contributed by atoms with van der Waals surface area (Å²) in [6.45, 7) is 7.33. The number of Topliss-reactive ketones (excluding diaryl/α,β-unsaturated/α-hetero) is 1. The van der Waals surface area contributed by atoms with E-state index in [4.69, 9.17) is 4.74 Å². The summed E-state index contributed by atoms with van der Waals surface area (Å²) in [6.07, 6.45) is 1.03. The lowest BCUT2D eigenvalue weighted by molar-refractivity contribution is 0.0988. The van der Waals surface area contributed by atoms with Crippen LogP contribution in [0.1, 0.15) is 34.8 Å². The fourth-order valence-electron chi connectivity index (χ4n) is 1.65. The molecule has 1 rings (SSSR count). The van der Waals surface area contributed by atoms with Crippen molar-refractivity contribution in [3.8, 4) is 5.75 Å². The van der Waals surface area contributed by atoms with Gasteiger partial charge in [-0.1, -0.05) is 6.92 Å². The second-order valence-electron chi connectivity index (χ2n) is 4.24. The highest BCUT2D eigenvalue weighted by Crippen LogP contribution is 2.23. The van der Waals surface area contributed by atoms with E-state index in [1.165, 1.54) is 0 Å². The minimum Gasteiger partial charge on any atom is -0.496 e. The quantitative estimate of drug-likeness (QED) is 0.608. The van der Waals surface area contributed by atoms with E-state index in [2.05, 4.69) is 12.2 Å². The second kappa shape index (κ2) is 6.40. The fourth-order valence-corrected chi connectivity index (χ4v) is 1.65. The zero-order valence-corrected chi connectivity index (χ0v) is 11.1. The Hall–Kier alpha value is -1.35. The smallest absolute Gasteiger partial charge is 0.180 e. The van der Waals surface area contributed by atoms with Gasteiger partial charge in [-0.25, -0.2) is 0 Å². The Morgan fingerprint density at radius 2 is 1.94 bits per heavy atom. The largest absolute Gasteiger partial charge is 0.496 e. The summed E-state index contributed by atoms with van der Waals surface area (Å²) in [7, 11) is 1.60. The number of ether oxygens (including phenoxy) is 1. The maximum absolute atomic E-state index is 12.0. The summed E-state index contributed by atoms with van der Waals surface area (Å²) in [6, 6.07) is 3.83. The minimum absolute atomic E-state index is 0.0819. The summed E-state index contributed by atoms with van der Waals surface area (Å²) in [5, 5.41) is 3.11. The van der Waals surface area contributed by atoms with Crippen LogP contribution in [0.4, 0.5) is 0 Å². The number of methoxy groups -OCH3 is 1. The van der Waals surface area contributed by atoms with Crippen molar-refractivity contribution >= 4 is 5.78 Å². The number of hydrogen-bond acceptors (Lipinski definition) is 3. The molecule has 0 radical (unpaired) electrons. The van der Waals surface area contributed by atoms with Gasteiger partial charge in [-0.05, 0) is 50.1 Å². The van der Waals surface area contributed by atoms with Gasteiger partial charge in [-0.2, -0.15) is 0 Å². The molecular formula is C14H21NO2. The number of nitrogens with one attached hydrogen (secondary N) is 1. The van der Waals surface area contributed by atoms with Crippen molar-refractivity contribution in [2.75, 3.05) is 20.2 Å². The Morgan fingerprint density at radius 3 is 2.53 bits per heavy atom. The van der Waals surface area contributed by atoms with E-state index >= 15 is 0 Å². The number of benzene rings is 1. The first-order chi connectivity index (χ1) is 8.10. The monoisotopic (exact) mass is 235 g/mol. The van der Waals surface area contributed by atoms with E-state index in [1.807, 2.05) is 26.0 Å². The lowest BCUT2D eigenvalue weighted by atomic mass is 10.0. The first-order valence-corrected chi connectivity index (χ1v) is 5.99. The van der Waals surface area contributed by atoms with Crippen molar-refractivity contribution in [3.05, 3.63) is 28.8 Å². The molecule has 1 aromatic rings. The van der Waals surface area contributed by atoms with E-state index in [0.717, 1.165) is 24.1 Å². The molecule has 0 amide bonds. The van der Waals surface area contributed by atoms with Gasteiger partial charge in [0.2, 0.25) is 0 Å². The van der Waals surface area contributed by atoms with Crippen molar-refractivity contribution < 1.29 is 9.53 Å². The Balaban J connectivity index is 2.88. The van der Waals surface area contributed by atoms with Crippen LogP contribution >= 0.6 is 0 Å². The molecule has 0 saturated heterocycles. The number of hydrogen-bond donors (Lipinski definition) is 1.